The van der Waals surface area contributed by atoms with Crippen molar-refractivity contribution < 1.29 is 14.8 Å². The topological polar surface area (TPSA) is 75.8 Å². The summed E-state index contributed by atoms with van der Waals surface area (Å²) in [6, 6.07) is 11.1. The van der Waals surface area contributed by atoms with Crippen molar-refractivity contribution in [2.45, 2.75) is 25.6 Å². The van der Waals surface area contributed by atoms with E-state index in [1.54, 1.807) is 23.5 Å². The fourth-order valence-electron chi connectivity index (χ4n) is 2.85. The molecule has 2 heterocycles. The minimum absolute atomic E-state index is 0.0229. The molecule has 128 valence electrons. The van der Waals surface area contributed by atoms with E-state index in [1.807, 2.05) is 18.2 Å². The maximum Gasteiger partial charge on any atom is 0.278 e. The number of ether oxygens (including phenoxy) is 1. The molecule has 1 aromatic heterocycles. The Hall–Kier alpha value is -1.80. The van der Waals surface area contributed by atoms with Crippen LogP contribution >= 0.6 is 11.3 Å². The molecule has 2 atom stereocenters. The van der Waals surface area contributed by atoms with Crippen molar-refractivity contribution in [3.05, 3.63) is 51.4 Å². The first kappa shape index (κ1) is 17.0. The van der Waals surface area contributed by atoms with Crippen molar-refractivity contribution >= 4 is 17.0 Å². The Balaban J connectivity index is 1.78. The van der Waals surface area contributed by atoms with Crippen molar-refractivity contribution in [1.29, 1.82) is 0 Å². The number of para-hydroxylation sites is 1. The second kappa shape index (κ2) is 7.40. The van der Waals surface area contributed by atoms with Gasteiger partial charge in [0.25, 0.3) is 5.69 Å². The maximum atomic E-state index is 11.2. The van der Waals surface area contributed by atoms with Gasteiger partial charge in [-0.2, -0.15) is 0 Å². The predicted molar refractivity (Wildman–Crippen MR) is 93.1 cm³/mol. The van der Waals surface area contributed by atoms with Gasteiger partial charge < -0.3 is 9.84 Å². The summed E-state index contributed by atoms with van der Waals surface area (Å²) < 4.78 is 5.56. The lowest BCUT2D eigenvalue weighted by molar-refractivity contribution is -0.384. The van der Waals surface area contributed by atoms with Crippen LogP contribution in [-0.4, -0.2) is 46.8 Å². The molecule has 3 rings (SSSR count). The van der Waals surface area contributed by atoms with Gasteiger partial charge >= 0.3 is 0 Å². The second-order valence-electron chi connectivity index (χ2n) is 5.96. The molecule has 0 spiro atoms. The number of nitro groups is 1. The molecule has 1 N–H and O–H groups in total. The number of aliphatic hydroxyl groups is 1. The molecule has 0 saturated carbocycles. The number of hydrogen-bond acceptors (Lipinski definition) is 6. The average Bonchev–Trinajstić information content (AvgIpc) is 3.05. The highest BCUT2D eigenvalue weighted by molar-refractivity contribution is 7.15. The van der Waals surface area contributed by atoms with Crippen LogP contribution in [0.4, 0.5) is 5.69 Å². The van der Waals surface area contributed by atoms with E-state index >= 15 is 0 Å². The zero-order valence-corrected chi connectivity index (χ0v) is 14.2. The zero-order valence-electron chi connectivity index (χ0n) is 13.4. The standard InChI is InChI=1S/C17H20N2O4S/c1-12-11-23-13(10-20)8-18(12)9-14-6-7-17(24-14)15-4-2-3-5-16(15)19(21)22/h2-7,12-13,20H,8-11H2,1H3. The molecule has 2 unspecified atom stereocenters. The van der Waals surface area contributed by atoms with E-state index in [1.165, 1.54) is 6.07 Å². The quantitative estimate of drug-likeness (QED) is 0.664. The van der Waals surface area contributed by atoms with Crippen LogP contribution in [0.15, 0.2) is 36.4 Å². The molecule has 0 bridgehead atoms. The number of aliphatic hydroxyl groups excluding tert-OH is 1. The summed E-state index contributed by atoms with van der Waals surface area (Å²) in [4.78, 5) is 15.2. The van der Waals surface area contributed by atoms with Gasteiger partial charge in [-0.3, -0.25) is 15.0 Å². The number of thiophene rings is 1. The fourth-order valence-corrected chi connectivity index (χ4v) is 3.92. The number of benzene rings is 1. The van der Waals surface area contributed by atoms with Crippen LogP contribution in [0.3, 0.4) is 0 Å². The van der Waals surface area contributed by atoms with Gasteiger partial charge in [-0.15, -0.1) is 11.3 Å². The highest BCUT2D eigenvalue weighted by atomic mass is 32.1. The third kappa shape index (κ3) is 3.64. The summed E-state index contributed by atoms with van der Waals surface area (Å²) in [5, 5.41) is 20.5. The molecule has 1 aliphatic rings. The summed E-state index contributed by atoms with van der Waals surface area (Å²) in [5.74, 6) is 0. The Morgan fingerprint density at radius 3 is 2.92 bits per heavy atom. The first-order chi connectivity index (χ1) is 11.6. The van der Waals surface area contributed by atoms with Crippen molar-refractivity contribution in [3.63, 3.8) is 0 Å². The molecular formula is C17H20N2O4S. The Kier molecular flexibility index (Phi) is 5.25. The summed E-state index contributed by atoms with van der Waals surface area (Å²) in [6.07, 6.45) is -0.143. The van der Waals surface area contributed by atoms with E-state index in [-0.39, 0.29) is 29.4 Å². The van der Waals surface area contributed by atoms with E-state index in [2.05, 4.69) is 11.8 Å². The molecule has 0 radical (unpaired) electrons. The van der Waals surface area contributed by atoms with Crippen molar-refractivity contribution in [2.75, 3.05) is 19.8 Å². The van der Waals surface area contributed by atoms with E-state index < -0.39 is 0 Å². The first-order valence-corrected chi connectivity index (χ1v) is 8.69. The number of nitrogens with zero attached hydrogens (tertiary/aromatic N) is 2. The molecule has 2 aromatic rings. The summed E-state index contributed by atoms with van der Waals surface area (Å²) >= 11 is 1.57. The minimum Gasteiger partial charge on any atom is -0.394 e. The number of rotatable bonds is 5. The Morgan fingerprint density at radius 2 is 2.17 bits per heavy atom. The van der Waals surface area contributed by atoms with Gasteiger partial charge in [-0.25, -0.2) is 0 Å². The Labute approximate surface area is 144 Å². The monoisotopic (exact) mass is 348 g/mol. The van der Waals surface area contributed by atoms with E-state index in [9.17, 15) is 15.2 Å². The van der Waals surface area contributed by atoms with Gasteiger partial charge in [0.1, 0.15) is 0 Å². The van der Waals surface area contributed by atoms with Crippen LogP contribution in [0.1, 0.15) is 11.8 Å². The van der Waals surface area contributed by atoms with Crippen LogP contribution < -0.4 is 0 Å². The molecule has 1 saturated heterocycles. The van der Waals surface area contributed by atoms with E-state index in [4.69, 9.17) is 4.74 Å². The smallest absolute Gasteiger partial charge is 0.278 e. The molecule has 6 nitrogen and oxygen atoms in total. The van der Waals surface area contributed by atoms with Crippen LogP contribution in [-0.2, 0) is 11.3 Å². The largest absolute Gasteiger partial charge is 0.394 e. The SMILES string of the molecule is CC1COC(CO)CN1Cc1ccc(-c2ccccc2[N+](=O)[O-])s1. The van der Waals surface area contributed by atoms with Crippen molar-refractivity contribution in [2.24, 2.45) is 0 Å². The van der Waals surface area contributed by atoms with E-state index in [0.717, 1.165) is 16.3 Å². The average molecular weight is 348 g/mol. The molecule has 1 aliphatic heterocycles. The maximum absolute atomic E-state index is 11.2. The normalized spacial score (nSPS) is 21.8. The molecule has 1 aromatic carbocycles. The molecule has 24 heavy (non-hydrogen) atoms. The van der Waals surface area contributed by atoms with Gasteiger partial charge in [0.05, 0.1) is 29.8 Å². The van der Waals surface area contributed by atoms with Crippen molar-refractivity contribution in [1.82, 2.24) is 4.90 Å². The summed E-state index contributed by atoms with van der Waals surface area (Å²) in [7, 11) is 0. The van der Waals surface area contributed by atoms with Crippen LogP contribution in [0, 0.1) is 10.1 Å². The molecular weight excluding hydrogens is 328 g/mol. The van der Waals surface area contributed by atoms with Crippen LogP contribution in [0.5, 0.6) is 0 Å². The number of nitro benzene ring substituents is 1. The third-order valence-electron chi connectivity index (χ3n) is 4.23. The lowest BCUT2D eigenvalue weighted by Gasteiger charge is -2.37. The second-order valence-corrected chi connectivity index (χ2v) is 7.12. The van der Waals surface area contributed by atoms with Gasteiger partial charge in [-0.05, 0) is 25.1 Å². The van der Waals surface area contributed by atoms with Crippen LogP contribution in [0.25, 0.3) is 10.4 Å². The lowest BCUT2D eigenvalue weighted by Crippen LogP contribution is -2.48. The fraction of sp³-hybridized carbons (Fsp3) is 0.412. The van der Waals surface area contributed by atoms with Gasteiger partial charge in [0.2, 0.25) is 0 Å². The highest BCUT2D eigenvalue weighted by Crippen LogP contribution is 2.35. The number of morpholine rings is 1. The van der Waals surface area contributed by atoms with E-state index in [0.29, 0.717) is 18.7 Å². The summed E-state index contributed by atoms with van der Waals surface area (Å²) in [5.41, 5.74) is 0.785. The lowest BCUT2D eigenvalue weighted by atomic mass is 10.1. The predicted octanol–water partition coefficient (Wildman–Crippen LogP) is 2.90. The van der Waals surface area contributed by atoms with Crippen LogP contribution in [0.2, 0.25) is 0 Å². The highest BCUT2D eigenvalue weighted by Gasteiger charge is 2.26. The molecule has 7 heteroatoms. The summed E-state index contributed by atoms with van der Waals surface area (Å²) in [6.45, 7) is 4.18. The minimum atomic E-state index is -0.343. The van der Waals surface area contributed by atoms with Gasteiger partial charge in [0.15, 0.2) is 0 Å². The molecule has 0 aliphatic carbocycles. The Bertz CT molecular complexity index is 718. The first-order valence-electron chi connectivity index (χ1n) is 7.87. The molecule has 1 fully saturated rings. The van der Waals surface area contributed by atoms with Gasteiger partial charge in [0, 0.05) is 35.0 Å². The number of hydrogen-bond donors (Lipinski definition) is 1. The Morgan fingerprint density at radius 1 is 1.38 bits per heavy atom. The van der Waals surface area contributed by atoms with Gasteiger partial charge in [-0.1, -0.05) is 12.1 Å². The zero-order chi connectivity index (χ0) is 17.1. The third-order valence-corrected chi connectivity index (χ3v) is 5.33. The molecule has 0 amide bonds. The van der Waals surface area contributed by atoms with Crippen molar-refractivity contribution in [3.8, 4) is 10.4 Å².